The fraction of sp³-hybridized carbons (Fsp3) is 0.421. The quantitative estimate of drug-likeness (QED) is 0.768. The summed E-state index contributed by atoms with van der Waals surface area (Å²) in [6.07, 6.45) is 3.55. The molecule has 22 heavy (non-hydrogen) atoms. The molecule has 0 spiro atoms. The van der Waals surface area contributed by atoms with Gasteiger partial charge in [0.2, 0.25) is 0 Å². The number of ketones is 1. The number of rotatable bonds is 5. The summed E-state index contributed by atoms with van der Waals surface area (Å²) in [5.41, 5.74) is 1.43. The normalized spacial score (nSPS) is 18.2. The molecule has 1 unspecified atom stereocenters. The van der Waals surface area contributed by atoms with Gasteiger partial charge in [-0.15, -0.1) is 11.3 Å². The van der Waals surface area contributed by atoms with Crippen LogP contribution in [0.15, 0.2) is 47.8 Å². The zero-order valence-corrected chi connectivity index (χ0v) is 13.9. The predicted octanol–water partition coefficient (Wildman–Crippen LogP) is 4.27. The molecule has 1 aliphatic heterocycles. The van der Waals surface area contributed by atoms with Crippen molar-refractivity contribution in [2.45, 2.75) is 32.2 Å². The van der Waals surface area contributed by atoms with Crippen LogP contribution in [0.1, 0.15) is 35.0 Å². The number of benzene rings is 1. The van der Waals surface area contributed by atoms with Crippen molar-refractivity contribution in [1.29, 1.82) is 0 Å². The lowest BCUT2D eigenvalue weighted by molar-refractivity contribution is 0.0775. The van der Waals surface area contributed by atoms with Gasteiger partial charge in [0, 0.05) is 0 Å². The van der Waals surface area contributed by atoms with Crippen LogP contribution in [-0.2, 0) is 6.42 Å². The Morgan fingerprint density at radius 3 is 2.55 bits per heavy atom. The Labute approximate surface area is 136 Å². The smallest absolute Gasteiger partial charge is 0.189 e. The summed E-state index contributed by atoms with van der Waals surface area (Å²) < 4.78 is 0. The Hall–Kier alpha value is -1.45. The highest BCUT2D eigenvalue weighted by Crippen LogP contribution is 2.24. The first kappa shape index (κ1) is 15.4. The lowest BCUT2D eigenvalue weighted by Crippen LogP contribution is -2.44. The number of hydrogen-bond donors (Lipinski definition) is 0. The zero-order valence-electron chi connectivity index (χ0n) is 13.1. The lowest BCUT2D eigenvalue weighted by Gasteiger charge is -2.35. The highest BCUT2D eigenvalue weighted by Gasteiger charge is 2.27. The van der Waals surface area contributed by atoms with Crippen LogP contribution in [0.25, 0.3) is 0 Å². The molecule has 1 fully saturated rings. The van der Waals surface area contributed by atoms with Crippen molar-refractivity contribution in [3.8, 4) is 0 Å². The maximum absolute atomic E-state index is 12.4. The minimum atomic E-state index is 0.0105. The van der Waals surface area contributed by atoms with E-state index in [4.69, 9.17) is 0 Å². The lowest BCUT2D eigenvalue weighted by atomic mass is 9.89. The molecule has 2 aromatic rings. The summed E-state index contributed by atoms with van der Waals surface area (Å²) in [6.45, 7) is 4.13. The number of piperidine rings is 1. The summed E-state index contributed by atoms with van der Waals surface area (Å²) in [4.78, 5) is 15.7. The largest absolute Gasteiger partial charge is 0.293 e. The Bertz CT molecular complexity index is 585. The highest BCUT2D eigenvalue weighted by molar-refractivity contribution is 7.12. The van der Waals surface area contributed by atoms with Crippen molar-refractivity contribution in [1.82, 2.24) is 4.90 Å². The molecule has 0 radical (unpaired) electrons. The Morgan fingerprint density at radius 2 is 1.91 bits per heavy atom. The number of hydrogen-bond acceptors (Lipinski definition) is 3. The van der Waals surface area contributed by atoms with Crippen molar-refractivity contribution in [3.63, 3.8) is 0 Å². The van der Waals surface area contributed by atoms with E-state index < -0.39 is 0 Å². The van der Waals surface area contributed by atoms with Gasteiger partial charge < -0.3 is 0 Å². The Morgan fingerprint density at radius 1 is 1.18 bits per heavy atom. The first-order chi connectivity index (χ1) is 10.7. The van der Waals surface area contributed by atoms with E-state index in [1.54, 1.807) is 11.3 Å². The minimum absolute atomic E-state index is 0.0105. The molecule has 0 N–H and O–H groups in total. The third-order valence-electron chi connectivity index (χ3n) is 4.71. The van der Waals surface area contributed by atoms with Crippen molar-refractivity contribution < 1.29 is 4.79 Å². The first-order valence-corrected chi connectivity index (χ1v) is 8.97. The zero-order chi connectivity index (χ0) is 15.4. The van der Waals surface area contributed by atoms with Gasteiger partial charge in [0.15, 0.2) is 5.78 Å². The topological polar surface area (TPSA) is 20.3 Å². The van der Waals surface area contributed by atoms with Gasteiger partial charge in [-0.25, -0.2) is 0 Å². The summed E-state index contributed by atoms with van der Waals surface area (Å²) in [7, 11) is 0. The first-order valence-electron chi connectivity index (χ1n) is 8.09. The van der Waals surface area contributed by atoms with Gasteiger partial charge >= 0.3 is 0 Å². The molecule has 1 aromatic heterocycles. The molecule has 1 aromatic carbocycles. The van der Waals surface area contributed by atoms with Crippen molar-refractivity contribution in [3.05, 3.63) is 58.3 Å². The summed E-state index contributed by atoms with van der Waals surface area (Å²) in [6, 6.07) is 14.6. The minimum Gasteiger partial charge on any atom is -0.293 e. The summed E-state index contributed by atoms with van der Waals surface area (Å²) in [5, 5.41) is 1.98. The molecule has 0 aliphatic carbocycles. The number of likely N-dealkylation sites (tertiary alicyclic amines) is 1. The van der Waals surface area contributed by atoms with Crippen LogP contribution in [0.4, 0.5) is 0 Å². The maximum Gasteiger partial charge on any atom is 0.189 e. The van der Waals surface area contributed by atoms with Crippen LogP contribution in [0.2, 0.25) is 0 Å². The number of Topliss-reactive ketones (excluding diaryl/α,β-unsaturated/α-hetero) is 1. The van der Waals surface area contributed by atoms with Gasteiger partial charge in [-0.3, -0.25) is 9.69 Å². The van der Waals surface area contributed by atoms with E-state index >= 15 is 0 Å². The molecule has 116 valence electrons. The molecule has 2 nitrogen and oxygen atoms in total. The van der Waals surface area contributed by atoms with Gasteiger partial charge in [-0.05, 0) is 62.2 Å². The van der Waals surface area contributed by atoms with Crippen molar-refractivity contribution in [2.24, 2.45) is 5.92 Å². The van der Waals surface area contributed by atoms with E-state index in [2.05, 4.69) is 42.2 Å². The maximum atomic E-state index is 12.4. The van der Waals surface area contributed by atoms with Gasteiger partial charge in [-0.2, -0.15) is 0 Å². The molecule has 0 saturated carbocycles. The second kappa shape index (κ2) is 7.21. The van der Waals surface area contributed by atoms with E-state index in [1.165, 1.54) is 24.8 Å². The van der Waals surface area contributed by atoms with Gasteiger partial charge in [0.05, 0.1) is 10.9 Å². The average Bonchev–Trinajstić information content (AvgIpc) is 3.10. The number of carbonyl (C=O) groups excluding carboxylic acids is 1. The van der Waals surface area contributed by atoms with Crippen LogP contribution < -0.4 is 0 Å². The number of thiophene rings is 1. The molecule has 1 atom stereocenters. The standard InChI is InChI=1S/C19H23NOS/c1-15(19(21)18-8-5-13-22-18)20-11-9-17(10-12-20)14-16-6-3-2-4-7-16/h2-8,13,15,17H,9-12,14H2,1H3. The second-order valence-corrected chi connectivity index (χ2v) is 7.13. The fourth-order valence-electron chi connectivity index (χ4n) is 3.28. The van der Waals surface area contributed by atoms with E-state index in [9.17, 15) is 4.79 Å². The van der Waals surface area contributed by atoms with Crippen molar-refractivity contribution in [2.75, 3.05) is 13.1 Å². The molecule has 3 heteroatoms. The number of carbonyl (C=O) groups is 1. The SMILES string of the molecule is CC(C(=O)c1cccs1)N1CCC(Cc2ccccc2)CC1. The fourth-order valence-corrected chi connectivity index (χ4v) is 4.03. The molecular weight excluding hydrogens is 290 g/mol. The summed E-state index contributed by atoms with van der Waals surface area (Å²) in [5.74, 6) is 1.03. The van der Waals surface area contributed by atoms with Gasteiger partial charge in [-0.1, -0.05) is 36.4 Å². The van der Waals surface area contributed by atoms with E-state index in [0.717, 1.165) is 23.9 Å². The van der Waals surface area contributed by atoms with Gasteiger partial charge in [0.1, 0.15) is 0 Å². The Kier molecular flexibility index (Phi) is 5.06. The average molecular weight is 313 g/mol. The van der Waals surface area contributed by atoms with Crippen LogP contribution in [0, 0.1) is 5.92 Å². The number of nitrogens with zero attached hydrogens (tertiary/aromatic N) is 1. The molecule has 2 heterocycles. The third kappa shape index (κ3) is 3.65. The molecular formula is C19H23NOS. The van der Waals surface area contributed by atoms with Crippen molar-refractivity contribution >= 4 is 17.1 Å². The predicted molar refractivity (Wildman–Crippen MR) is 92.6 cm³/mol. The third-order valence-corrected chi connectivity index (χ3v) is 5.59. The van der Waals surface area contributed by atoms with E-state index in [0.29, 0.717) is 0 Å². The summed E-state index contributed by atoms with van der Waals surface area (Å²) >= 11 is 1.55. The van der Waals surface area contributed by atoms with E-state index in [1.807, 2.05) is 17.5 Å². The van der Waals surface area contributed by atoms with Crippen LogP contribution in [-0.4, -0.2) is 29.8 Å². The molecule has 1 aliphatic rings. The second-order valence-electron chi connectivity index (χ2n) is 6.19. The van der Waals surface area contributed by atoms with Gasteiger partial charge in [0.25, 0.3) is 0 Å². The van der Waals surface area contributed by atoms with Crippen LogP contribution >= 0.6 is 11.3 Å². The van der Waals surface area contributed by atoms with Crippen LogP contribution in [0.3, 0.4) is 0 Å². The Balaban J connectivity index is 1.52. The highest BCUT2D eigenvalue weighted by atomic mass is 32.1. The molecule has 3 rings (SSSR count). The van der Waals surface area contributed by atoms with Crippen LogP contribution in [0.5, 0.6) is 0 Å². The molecule has 0 bridgehead atoms. The van der Waals surface area contributed by atoms with E-state index in [-0.39, 0.29) is 11.8 Å². The monoisotopic (exact) mass is 313 g/mol. The molecule has 0 amide bonds. The molecule has 1 saturated heterocycles.